The van der Waals surface area contributed by atoms with Crippen LogP contribution < -0.4 is 5.32 Å². The predicted octanol–water partition coefficient (Wildman–Crippen LogP) is 4.56. The average Bonchev–Trinajstić information content (AvgIpc) is 2.57. The standard InChI is InChI=1S/C20H19ClN2O/c1-23(14-20(24)22-19-12-5-4-11-18(19)21)13-16-9-6-8-15-7-2-3-10-17(15)16/h2-12H,13-14H2,1H3,(H,22,24). The van der Waals surface area contributed by atoms with E-state index in [0.29, 0.717) is 23.8 Å². The van der Waals surface area contributed by atoms with Crippen LogP contribution in [-0.4, -0.2) is 24.4 Å². The van der Waals surface area contributed by atoms with Gasteiger partial charge in [-0.25, -0.2) is 0 Å². The molecule has 122 valence electrons. The number of carbonyl (C=O) groups is 1. The summed E-state index contributed by atoms with van der Waals surface area (Å²) in [4.78, 5) is 14.2. The highest BCUT2D eigenvalue weighted by atomic mass is 35.5. The Morgan fingerprint density at radius 3 is 2.54 bits per heavy atom. The topological polar surface area (TPSA) is 32.3 Å². The van der Waals surface area contributed by atoms with Crippen molar-refractivity contribution in [3.63, 3.8) is 0 Å². The van der Waals surface area contributed by atoms with Crippen molar-refractivity contribution in [1.82, 2.24) is 4.90 Å². The van der Waals surface area contributed by atoms with Gasteiger partial charge in [-0.15, -0.1) is 0 Å². The molecule has 0 bridgehead atoms. The van der Waals surface area contributed by atoms with E-state index in [1.54, 1.807) is 12.1 Å². The van der Waals surface area contributed by atoms with Gasteiger partial charge in [0.25, 0.3) is 0 Å². The number of nitrogens with one attached hydrogen (secondary N) is 1. The molecule has 0 heterocycles. The Bertz CT molecular complexity index is 858. The van der Waals surface area contributed by atoms with Crippen LogP contribution in [-0.2, 0) is 11.3 Å². The van der Waals surface area contributed by atoms with Gasteiger partial charge < -0.3 is 5.32 Å². The van der Waals surface area contributed by atoms with E-state index in [-0.39, 0.29) is 5.91 Å². The number of halogens is 1. The number of anilines is 1. The van der Waals surface area contributed by atoms with Crippen molar-refractivity contribution < 1.29 is 4.79 Å². The molecule has 0 saturated heterocycles. The third-order valence-corrected chi connectivity index (χ3v) is 4.21. The summed E-state index contributed by atoms with van der Waals surface area (Å²) >= 11 is 6.07. The lowest BCUT2D eigenvalue weighted by Crippen LogP contribution is -2.30. The predicted molar refractivity (Wildman–Crippen MR) is 100 cm³/mol. The van der Waals surface area contributed by atoms with Crippen LogP contribution in [0.4, 0.5) is 5.69 Å². The second kappa shape index (κ2) is 7.47. The molecule has 0 atom stereocenters. The van der Waals surface area contributed by atoms with Crippen molar-refractivity contribution >= 4 is 34.0 Å². The number of fused-ring (bicyclic) bond motifs is 1. The van der Waals surface area contributed by atoms with Gasteiger partial charge in [0.1, 0.15) is 0 Å². The molecular weight excluding hydrogens is 320 g/mol. The van der Waals surface area contributed by atoms with Crippen LogP contribution in [0.25, 0.3) is 10.8 Å². The normalized spacial score (nSPS) is 11.0. The molecule has 0 aliphatic heterocycles. The molecule has 24 heavy (non-hydrogen) atoms. The highest BCUT2D eigenvalue weighted by Gasteiger charge is 2.10. The van der Waals surface area contributed by atoms with E-state index in [9.17, 15) is 4.79 Å². The van der Waals surface area contributed by atoms with Gasteiger partial charge in [-0.1, -0.05) is 66.2 Å². The van der Waals surface area contributed by atoms with Crippen LogP contribution in [0.5, 0.6) is 0 Å². The fraction of sp³-hybridized carbons (Fsp3) is 0.150. The summed E-state index contributed by atoms with van der Waals surface area (Å²) in [6.07, 6.45) is 0. The van der Waals surface area contributed by atoms with Gasteiger partial charge in [0, 0.05) is 6.54 Å². The number of nitrogens with zero attached hydrogens (tertiary/aromatic N) is 1. The zero-order valence-corrected chi connectivity index (χ0v) is 14.3. The van der Waals surface area contributed by atoms with Crippen LogP contribution in [0.3, 0.4) is 0 Å². The van der Waals surface area contributed by atoms with Crippen LogP contribution in [0.1, 0.15) is 5.56 Å². The Hall–Kier alpha value is -2.36. The molecule has 0 aromatic heterocycles. The summed E-state index contributed by atoms with van der Waals surface area (Å²) in [5.74, 6) is -0.0779. The molecule has 0 saturated carbocycles. The first-order chi connectivity index (χ1) is 11.6. The van der Waals surface area contributed by atoms with E-state index in [1.807, 2.05) is 36.2 Å². The summed E-state index contributed by atoms with van der Waals surface area (Å²) in [5.41, 5.74) is 1.85. The number of carbonyl (C=O) groups excluding carboxylic acids is 1. The zero-order chi connectivity index (χ0) is 16.9. The van der Waals surface area contributed by atoms with Crippen LogP contribution in [0.15, 0.2) is 66.7 Å². The fourth-order valence-corrected chi connectivity index (χ4v) is 2.96. The number of hydrogen-bond donors (Lipinski definition) is 1. The summed E-state index contributed by atoms with van der Waals surface area (Å²) in [5, 5.41) is 5.83. The van der Waals surface area contributed by atoms with E-state index in [1.165, 1.54) is 16.3 Å². The van der Waals surface area contributed by atoms with Gasteiger partial charge in [0.05, 0.1) is 17.3 Å². The van der Waals surface area contributed by atoms with E-state index >= 15 is 0 Å². The summed E-state index contributed by atoms with van der Waals surface area (Å²) in [6.45, 7) is 1.01. The van der Waals surface area contributed by atoms with Gasteiger partial charge in [-0.05, 0) is 35.5 Å². The molecule has 3 aromatic carbocycles. The highest BCUT2D eigenvalue weighted by Crippen LogP contribution is 2.21. The third-order valence-electron chi connectivity index (χ3n) is 3.88. The molecule has 3 aromatic rings. The number of benzene rings is 3. The summed E-state index contributed by atoms with van der Waals surface area (Å²) < 4.78 is 0. The number of rotatable bonds is 5. The molecular formula is C20H19ClN2O. The second-order valence-electron chi connectivity index (χ2n) is 5.84. The minimum absolute atomic E-state index is 0.0779. The van der Waals surface area contributed by atoms with Gasteiger partial charge in [0.2, 0.25) is 5.91 Å². The molecule has 0 aliphatic carbocycles. The Morgan fingerprint density at radius 1 is 1.00 bits per heavy atom. The van der Waals surface area contributed by atoms with Crippen molar-refractivity contribution in [3.05, 3.63) is 77.3 Å². The zero-order valence-electron chi connectivity index (χ0n) is 13.5. The Kier molecular flexibility index (Phi) is 5.14. The maximum atomic E-state index is 12.2. The first kappa shape index (κ1) is 16.5. The van der Waals surface area contributed by atoms with E-state index in [4.69, 9.17) is 11.6 Å². The molecule has 0 fully saturated rings. The maximum absolute atomic E-state index is 12.2. The molecule has 4 heteroatoms. The minimum Gasteiger partial charge on any atom is -0.324 e. The molecule has 0 spiro atoms. The van der Waals surface area contributed by atoms with Gasteiger partial charge in [0.15, 0.2) is 0 Å². The Morgan fingerprint density at radius 2 is 1.71 bits per heavy atom. The first-order valence-electron chi connectivity index (χ1n) is 7.83. The smallest absolute Gasteiger partial charge is 0.238 e. The fourth-order valence-electron chi connectivity index (χ4n) is 2.77. The number of likely N-dealkylation sites (N-methyl/N-ethyl adjacent to an activating group) is 1. The molecule has 1 amide bonds. The second-order valence-corrected chi connectivity index (χ2v) is 6.25. The SMILES string of the molecule is CN(CC(=O)Nc1ccccc1Cl)Cc1cccc2ccccc12. The van der Waals surface area contributed by atoms with Gasteiger partial charge in [-0.2, -0.15) is 0 Å². The summed E-state index contributed by atoms with van der Waals surface area (Å²) in [6, 6.07) is 21.8. The molecule has 1 N–H and O–H groups in total. The van der Waals surface area contributed by atoms with Crippen LogP contribution in [0, 0.1) is 0 Å². The van der Waals surface area contributed by atoms with E-state index < -0.39 is 0 Å². The van der Waals surface area contributed by atoms with Gasteiger partial charge >= 0.3 is 0 Å². The molecule has 3 rings (SSSR count). The molecule has 0 aliphatic rings. The first-order valence-corrected chi connectivity index (χ1v) is 8.21. The van der Waals surface area contributed by atoms with E-state index in [0.717, 1.165) is 0 Å². The van der Waals surface area contributed by atoms with Crippen molar-refractivity contribution in [3.8, 4) is 0 Å². The lowest BCUT2D eigenvalue weighted by atomic mass is 10.0. The quantitative estimate of drug-likeness (QED) is 0.739. The highest BCUT2D eigenvalue weighted by molar-refractivity contribution is 6.33. The minimum atomic E-state index is -0.0779. The monoisotopic (exact) mass is 338 g/mol. The lowest BCUT2D eigenvalue weighted by Gasteiger charge is -2.18. The molecule has 0 unspecified atom stereocenters. The van der Waals surface area contributed by atoms with Crippen molar-refractivity contribution in [2.24, 2.45) is 0 Å². The van der Waals surface area contributed by atoms with Crippen molar-refractivity contribution in [2.45, 2.75) is 6.54 Å². The van der Waals surface area contributed by atoms with Crippen molar-refractivity contribution in [1.29, 1.82) is 0 Å². The van der Waals surface area contributed by atoms with Crippen molar-refractivity contribution in [2.75, 3.05) is 18.9 Å². The Labute approximate surface area is 146 Å². The third kappa shape index (κ3) is 3.94. The number of amides is 1. The molecule has 3 nitrogen and oxygen atoms in total. The number of hydrogen-bond acceptors (Lipinski definition) is 2. The van der Waals surface area contributed by atoms with Crippen LogP contribution >= 0.6 is 11.6 Å². The largest absolute Gasteiger partial charge is 0.324 e. The average molecular weight is 339 g/mol. The maximum Gasteiger partial charge on any atom is 0.238 e. The van der Waals surface area contributed by atoms with Gasteiger partial charge in [-0.3, -0.25) is 9.69 Å². The summed E-state index contributed by atoms with van der Waals surface area (Å²) in [7, 11) is 1.94. The van der Waals surface area contributed by atoms with Crippen LogP contribution in [0.2, 0.25) is 5.02 Å². The lowest BCUT2D eigenvalue weighted by molar-refractivity contribution is -0.117. The van der Waals surface area contributed by atoms with E-state index in [2.05, 4.69) is 35.6 Å². The molecule has 0 radical (unpaired) electrons. The number of para-hydroxylation sites is 1. The Balaban J connectivity index is 1.66.